The summed E-state index contributed by atoms with van der Waals surface area (Å²) in [5.74, 6) is 2.36. The smallest absolute Gasteiger partial charge is 0.194 e. The molecule has 0 radical (unpaired) electrons. The number of pyridine rings is 1. The quantitative estimate of drug-likeness (QED) is 0.654. The third kappa shape index (κ3) is 3.88. The normalized spacial score (nSPS) is 11.1. The van der Waals surface area contributed by atoms with Crippen LogP contribution in [0.3, 0.4) is 0 Å². The van der Waals surface area contributed by atoms with E-state index in [2.05, 4.69) is 15.3 Å². The minimum Gasteiger partial charge on any atom is -0.496 e. The Bertz CT molecular complexity index is 631. The topological polar surface area (TPSA) is 81.8 Å². The van der Waals surface area contributed by atoms with E-state index >= 15 is 0 Å². The van der Waals surface area contributed by atoms with E-state index in [0.29, 0.717) is 23.9 Å². The van der Waals surface area contributed by atoms with Gasteiger partial charge in [0.25, 0.3) is 0 Å². The van der Waals surface area contributed by atoms with Crippen molar-refractivity contribution in [3.8, 4) is 11.5 Å². The van der Waals surface area contributed by atoms with Gasteiger partial charge in [0.1, 0.15) is 17.3 Å². The number of rotatable bonds is 5. The first-order valence-corrected chi connectivity index (χ1v) is 6.83. The van der Waals surface area contributed by atoms with Crippen molar-refractivity contribution in [2.45, 2.75) is 13.5 Å². The van der Waals surface area contributed by atoms with Gasteiger partial charge in [0.15, 0.2) is 5.96 Å². The van der Waals surface area contributed by atoms with Crippen LogP contribution in [-0.2, 0) is 6.54 Å². The fourth-order valence-corrected chi connectivity index (χ4v) is 1.96. The highest BCUT2D eigenvalue weighted by Gasteiger charge is 2.09. The molecule has 0 bridgehead atoms. The van der Waals surface area contributed by atoms with Crippen LogP contribution in [0.1, 0.15) is 11.1 Å². The Morgan fingerprint density at radius 2 is 1.86 bits per heavy atom. The molecular weight excluding hydrogens is 280 g/mol. The first-order chi connectivity index (χ1) is 10.6. The van der Waals surface area contributed by atoms with Crippen LogP contribution >= 0.6 is 0 Å². The summed E-state index contributed by atoms with van der Waals surface area (Å²) in [5, 5.41) is 2.95. The molecular formula is C16H20N4O2. The molecule has 0 amide bonds. The second-order valence-electron chi connectivity index (χ2n) is 4.69. The minimum absolute atomic E-state index is 0.282. The maximum atomic E-state index is 5.89. The zero-order chi connectivity index (χ0) is 15.9. The number of hydrogen-bond donors (Lipinski definition) is 2. The highest BCUT2D eigenvalue weighted by Crippen LogP contribution is 2.28. The largest absolute Gasteiger partial charge is 0.496 e. The molecule has 0 saturated heterocycles. The molecule has 6 heteroatoms. The van der Waals surface area contributed by atoms with Gasteiger partial charge in [-0.3, -0.25) is 0 Å². The molecule has 1 aromatic heterocycles. The van der Waals surface area contributed by atoms with Gasteiger partial charge in [0.2, 0.25) is 0 Å². The van der Waals surface area contributed by atoms with Crippen molar-refractivity contribution in [2.75, 3.05) is 19.5 Å². The van der Waals surface area contributed by atoms with E-state index in [9.17, 15) is 0 Å². The van der Waals surface area contributed by atoms with Crippen molar-refractivity contribution < 1.29 is 9.47 Å². The van der Waals surface area contributed by atoms with Gasteiger partial charge in [-0.05, 0) is 30.7 Å². The van der Waals surface area contributed by atoms with Crippen molar-refractivity contribution in [3.63, 3.8) is 0 Å². The standard InChI is InChI=1S/C16H20N4O2/c1-11-7-8-15(18-9-11)20-16(17)19-10-12-13(21-2)5-4-6-14(12)22-3/h4-9H,10H2,1-3H3,(H3,17,18,19,20). The Morgan fingerprint density at radius 1 is 1.18 bits per heavy atom. The van der Waals surface area contributed by atoms with Gasteiger partial charge in [-0.1, -0.05) is 12.1 Å². The Kier molecular flexibility index (Phi) is 5.19. The lowest BCUT2D eigenvalue weighted by Gasteiger charge is -2.11. The summed E-state index contributed by atoms with van der Waals surface area (Å²) in [7, 11) is 3.22. The van der Waals surface area contributed by atoms with E-state index in [1.54, 1.807) is 20.4 Å². The molecule has 0 spiro atoms. The number of methoxy groups -OCH3 is 2. The fraction of sp³-hybridized carbons (Fsp3) is 0.250. The molecule has 0 aliphatic rings. The van der Waals surface area contributed by atoms with Crippen LogP contribution in [0.15, 0.2) is 41.5 Å². The number of guanidine groups is 1. The average Bonchev–Trinajstić information content (AvgIpc) is 2.54. The van der Waals surface area contributed by atoms with Crippen LogP contribution in [0.4, 0.5) is 5.82 Å². The number of nitrogens with zero attached hydrogens (tertiary/aromatic N) is 2. The summed E-state index contributed by atoms with van der Waals surface area (Å²) in [6.45, 7) is 2.32. The molecule has 22 heavy (non-hydrogen) atoms. The van der Waals surface area contributed by atoms with Gasteiger partial charge in [0.05, 0.1) is 26.3 Å². The molecule has 2 rings (SSSR count). The highest BCUT2D eigenvalue weighted by atomic mass is 16.5. The molecule has 0 fully saturated rings. The molecule has 116 valence electrons. The Hall–Kier alpha value is -2.76. The van der Waals surface area contributed by atoms with Crippen LogP contribution < -0.4 is 20.5 Å². The van der Waals surface area contributed by atoms with Gasteiger partial charge < -0.3 is 20.5 Å². The maximum Gasteiger partial charge on any atom is 0.194 e. The molecule has 0 aliphatic heterocycles. The molecule has 0 unspecified atom stereocenters. The second kappa shape index (κ2) is 7.31. The van der Waals surface area contributed by atoms with E-state index < -0.39 is 0 Å². The Labute approximate surface area is 130 Å². The monoisotopic (exact) mass is 300 g/mol. The van der Waals surface area contributed by atoms with E-state index in [1.807, 2.05) is 37.3 Å². The SMILES string of the molecule is COc1cccc(OC)c1CN=C(N)Nc1ccc(C)cn1. The van der Waals surface area contributed by atoms with Crippen LogP contribution in [-0.4, -0.2) is 25.2 Å². The van der Waals surface area contributed by atoms with Crippen molar-refractivity contribution in [3.05, 3.63) is 47.7 Å². The number of aryl methyl sites for hydroxylation is 1. The van der Waals surface area contributed by atoms with Crippen LogP contribution in [0.2, 0.25) is 0 Å². The van der Waals surface area contributed by atoms with Crippen molar-refractivity contribution in [1.82, 2.24) is 4.98 Å². The van der Waals surface area contributed by atoms with E-state index in [-0.39, 0.29) is 5.96 Å². The Balaban J connectivity index is 2.12. The zero-order valence-electron chi connectivity index (χ0n) is 13.0. The second-order valence-corrected chi connectivity index (χ2v) is 4.69. The van der Waals surface area contributed by atoms with Crippen LogP contribution in [0, 0.1) is 6.92 Å². The molecule has 1 aromatic carbocycles. The molecule has 3 N–H and O–H groups in total. The van der Waals surface area contributed by atoms with Gasteiger partial charge in [-0.15, -0.1) is 0 Å². The van der Waals surface area contributed by atoms with E-state index in [1.165, 1.54) is 0 Å². The van der Waals surface area contributed by atoms with Crippen molar-refractivity contribution >= 4 is 11.8 Å². The summed E-state index contributed by atoms with van der Waals surface area (Å²) < 4.78 is 10.7. The molecule has 2 aromatic rings. The number of ether oxygens (including phenoxy) is 2. The fourth-order valence-electron chi connectivity index (χ4n) is 1.96. The minimum atomic E-state index is 0.282. The van der Waals surface area contributed by atoms with Gasteiger partial charge >= 0.3 is 0 Å². The van der Waals surface area contributed by atoms with E-state index in [0.717, 1.165) is 11.1 Å². The molecule has 0 atom stereocenters. The number of hydrogen-bond acceptors (Lipinski definition) is 4. The van der Waals surface area contributed by atoms with E-state index in [4.69, 9.17) is 15.2 Å². The number of aliphatic imine (C=N–C) groups is 1. The Morgan fingerprint density at radius 3 is 2.41 bits per heavy atom. The first-order valence-electron chi connectivity index (χ1n) is 6.83. The summed E-state index contributed by atoms with van der Waals surface area (Å²) in [4.78, 5) is 8.53. The summed E-state index contributed by atoms with van der Waals surface area (Å²) >= 11 is 0. The number of nitrogens with two attached hydrogens (primary N) is 1. The predicted octanol–water partition coefficient (Wildman–Crippen LogP) is 2.33. The van der Waals surface area contributed by atoms with Crippen LogP contribution in [0.25, 0.3) is 0 Å². The highest BCUT2D eigenvalue weighted by molar-refractivity contribution is 5.91. The number of anilines is 1. The van der Waals surface area contributed by atoms with Crippen LogP contribution in [0.5, 0.6) is 11.5 Å². The summed E-state index contributed by atoms with van der Waals surface area (Å²) in [6, 6.07) is 9.38. The van der Waals surface area contributed by atoms with Crippen molar-refractivity contribution in [1.29, 1.82) is 0 Å². The first kappa shape index (κ1) is 15.6. The van der Waals surface area contributed by atoms with Gasteiger partial charge in [-0.25, -0.2) is 9.98 Å². The summed E-state index contributed by atoms with van der Waals surface area (Å²) in [5.41, 5.74) is 7.82. The average molecular weight is 300 g/mol. The number of aromatic nitrogens is 1. The summed E-state index contributed by atoms with van der Waals surface area (Å²) in [6.07, 6.45) is 1.76. The molecule has 6 nitrogen and oxygen atoms in total. The molecule has 1 heterocycles. The van der Waals surface area contributed by atoms with Gasteiger partial charge in [-0.2, -0.15) is 0 Å². The number of nitrogens with one attached hydrogen (secondary N) is 1. The lowest BCUT2D eigenvalue weighted by Crippen LogP contribution is -2.23. The number of benzene rings is 1. The maximum absolute atomic E-state index is 5.89. The predicted molar refractivity (Wildman–Crippen MR) is 87.5 cm³/mol. The zero-order valence-corrected chi connectivity index (χ0v) is 13.0. The third-order valence-corrected chi connectivity index (χ3v) is 3.10. The molecule has 0 aliphatic carbocycles. The third-order valence-electron chi connectivity index (χ3n) is 3.10. The van der Waals surface area contributed by atoms with Crippen molar-refractivity contribution in [2.24, 2.45) is 10.7 Å². The lowest BCUT2D eigenvalue weighted by molar-refractivity contribution is 0.385. The molecule has 0 saturated carbocycles. The lowest BCUT2D eigenvalue weighted by atomic mass is 10.2. The van der Waals surface area contributed by atoms with Gasteiger partial charge in [0, 0.05) is 6.20 Å².